The van der Waals surface area contributed by atoms with Crippen molar-refractivity contribution in [2.75, 3.05) is 12.0 Å². The minimum absolute atomic E-state index is 0.104. The van der Waals surface area contributed by atoms with E-state index in [1.165, 1.54) is 4.88 Å². The van der Waals surface area contributed by atoms with E-state index < -0.39 is 0 Å². The zero-order valence-corrected chi connectivity index (χ0v) is 13.0. The first-order valence-electron chi connectivity index (χ1n) is 6.89. The molecule has 2 heterocycles. The van der Waals surface area contributed by atoms with Gasteiger partial charge in [-0.2, -0.15) is 0 Å². The zero-order chi connectivity index (χ0) is 15.2. The maximum atomic E-state index is 12.2. The van der Waals surface area contributed by atoms with Gasteiger partial charge in [0.25, 0.3) is 5.91 Å². The summed E-state index contributed by atoms with van der Waals surface area (Å²) >= 11 is 1.70. The number of amides is 1. The molecule has 0 unspecified atom stereocenters. The summed E-state index contributed by atoms with van der Waals surface area (Å²) in [6.45, 7) is 4.67. The average Bonchev–Trinajstić information content (AvgIpc) is 2.99. The molecule has 1 amide bonds. The number of aromatic nitrogens is 1. The molecule has 21 heavy (non-hydrogen) atoms. The summed E-state index contributed by atoms with van der Waals surface area (Å²) in [6, 6.07) is 7.55. The van der Waals surface area contributed by atoms with E-state index >= 15 is 0 Å². The van der Waals surface area contributed by atoms with Crippen LogP contribution in [-0.4, -0.2) is 17.4 Å². The molecule has 2 aromatic rings. The molecule has 0 saturated carbocycles. The fourth-order valence-corrected chi connectivity index (χ4v) is 2.62. The zero-order valence-electron chi connectivity index (χ0n) is 12.2. The highest BCUT2D eigenvalue weighted by Crippen LogP contribution is 2.17. The highest BCUT2D eigenvalue weighted by atomic mass is 32.1. The number of hydrogen-bond acceptors (Lipinski definition) is 5. The number of hydrazine groups is 1. The molecular weight excluding hydrogens is 284 g/mol. The Morgan fingerprint density at radius 1 is 1.43 bits per heavy atom. The topological polar surface area (TPSA) is 80.0 Å². The van der Waals surface area contributed by atoms with E-state index in [1.54, 1.807) is 17.4 Å². The first-order chi connectivity index (χ1) is 10.1. The summed E-state index contributed by atoms with van der Waals surface area (Å²) < 4.78 is 0. The minimum Gasteiger partial charge on any atom is -0.352 e. The third kappa shape index (κ3) is 4.27. The monoisotopic (exact) mass is 304 g/mol. The summed E-state index contributed by atoms with van der Waals surface area (Å²) in [5, 5.41) is 4.96. The molecule has 0 saturated heterocycles. The lowest BCUT2D eigenvalue weighted by atomic mass is 10.1. The van der Waals surface area contributed by atoms with Crippen molar-refractivity contribution in [3.8, 4) is 0 Å². The van der Waals surface area contributed by atoms with E-state index in [0.717, 1.165) is 12.1 Å². The van der Waals surface area contributed by atoms with Crippen molar-refractivity contribution in [3.63, 3.8) is 0 Å². The Hall–Kier alpha value is -1.92. The summed E-state index contributed by atoms with van der Waals surface area (Å²) in [7, 11) is 0. The maximum Gasteiger partial charge on any atom is 0.251 e. The number of nitrogens with two attached hydrogens (primary N) is 1. The van der Waals surface area contributed by atoms with Crippen LogP contribution < -0.4 is 16.6 Å². The highest BCUT2D eigenvalue weighted by Gasteiger charge is 2.11. The molecule has 0 spiro atoms. The van der Waals surface area contributed by atoms with Crippen LogP contribution in [0, 0.1) is 0 Å². The van der Waals surface area contributed by atoms with Crippen LogP contribution in [0.4, 0.5) is 5.82 Å². The standard InChI is InChI=1S/C15H20N4OS/c1-10(2)13-8-11(9-14(18-13)19-16)15(20)17-6-5-12-4-3-7-21-12/h3-4,7-10H,5-6,16H2,1-2H3,(H,17,20)(H,18,19). The van der Waals surface area contributed by atoms with Gasteiger partial charge in [0.05, 0.1) is 0 Å². The number of nitrogen functional groups attached to an aromatic ring is 1. The van der Waals surface area contributed by atoms with Gasteiger partial charge in [-0.25, -0.2) is 10.8 Å². The first kappa shape index (κ1) is 15.5. The number of hydrogen-bond donors (Lipinski definition) is 3. The predicted molar refractivity (Wildman–Crippen MR) is 86.5 cm³/mol. The van der Waals surface area contributed by atoms with Gasteiger partial charge in [0.2, 0.25) is 0 Å². The van der Waals surface area contributed by atoms with E-state index in [1.807, 2.05) is 31.4 Å². The lowest BCUT2D eigenvalue weighted by Crippen LogP contribution is -2.26. The number of carbonyl (C=O) groups excluding carboxylic acids is 1. The van der Waals surface area contributed by atoms with Crippen molar-refractivity contribution in [3.05, 3.63) is 45.8 Å². The molecule has 2 rings (SSSR count). The Balaban J connectivity index is 2.02. The van der Waals surface area contributed by atoms with Gasteiger partial charge in [-0.05, 0) is 35.9 Å². The Labute approximate surface area is 128 Å². The van der Waals surface area contributed by atoms with Crippen LogP contribution in [0.1, 0.15) is 40.7 Å². The number of rotatable bonds is 6. The Bertz CT molecular complexity index is 596. The molecule has 0 aliphatic rings. The third-order valence-corrected chi connectivity index (χ3v) is 4.02. The van der Waals surface area contributed by atoms with Gasteiger partial charge in [0.15, 0.2) is 0 Å². The van der Waals surface area contributed by atoms with E-state index in [4.69, 9.17) is 5.84 Å². The van der Waals surface area contributed by atoms with E-state index in [9.17, 15) is 4.79 Å². The van der Waals surface area contributed by atoms with Crippen molar-refractivity contribution >= 4 is 23.1 Å². The number of nitrogens with one attached hydrogen (secondary N) is 2. The van der Waals surface area contributed by atoms with Crippen LogP contribution in [-0.2, 0) is 6.42 Å². The SMILES string of the molecule is CC(C)c1cc(C(=O)NCCc2cccs2)cc(NN)n1. The molecule has 0 radical (unpaired) electrons. The Kier molecular flexibility index (Phi) is 5.30. The van der Waals surface area contributed by atoms with Crippen molar-refractivity contribution in [1.82, 2.24) is 10.3 Å². The lowest BCUT2D eigenvalue weighted by Gasteiger charge is -2.11. The molecule has 0 bridgehead atoms. The second kappa shape index (κ2) is 7.19. The molecule has 0 aliphatic heterocycles. The number of nitrogens with zero attached hydrogens (tertiary/aromatic N) is 1. The molecule has 6 heteroatoms. The molecular formula is C15H20N4OS. The highest BCUT2D eigenvalue weighted by molar-refractivity contribution is 7.09. The van der Waals surface area contributed by atoms with Crippen LogP contribution in [0.15, 0.2) is 29.6 Å². The van der Waals surface area contributed by atoms with Crippen molar-refractivity contribution in [1.29, 1.82) is 0 Å². The van der Waals surface area contributed by atoms with Gasteiger partial charge in [0.1, 0.15) is 5.82 Å². The molecule has 0 aromatic carbocycles. The fraction of sp³-hybridized carbons (Fsp3) is 0.333. The first-order valence-corrected chi connectivity index (χ1v) is 7.77. The van der Waals surface area contributed by atoms with Gasteiger partial charge in [0, 0.05) is 22.7 Å². The third-order valence-electron chi connectivity index (χ3n) is 3.08. The van der Waals surface area contributed by atoms with Crippen LogP contribution in [0.25, 0.3) is 0 Å². The molecule has 112 valence electrons. The number of thiophene rings is 1. The Morgan fingerprint density at radius 3 is 2.86 bits per heavy atom. The molecule has 0 atom stereocenters. The lowest BCUT2D eigenvalue weighted by molar-refractivity contribution is 0.0954. The normalized spacial score (nSPS) is 10.7. The van der Waals surface area contributed by atoms with E-state index in [0.29, 0.717) is 17.9 Å². The number of carbonyl (C=O) groups is 1. The summed E-state index contributed by atoms with van der Waals surface area (Å²) in [5.74, 6) is 6.04. The second-order valence-corrected chi connectivity index (χ2v) is 6.08. The second-order valence-electron chi connectivity index (χ2n) is 5.05. The number of anilines is 1. The molecule has 5 nitrogen and oxygen atoms in total. The Morgan fingerprint density at radius 2 is 2.24 bits per heavy atom. The fourth-order valence-electron chi connectivity index (χ4n) is 1.91. The molecule has 2 aromatic heterocycles. The van der Waals surface area contributed by atoms with E-state index in [-0.39, 0.29) is 11.8 Å². The predicted octanol–water partition coefficient (Wildman–Crippen LogP) is 2.52. The number of pyridine rings is 1. The maximum absolute atomic E-state index is 12.2. The largest absolute Gasteiger partial charge is 0.352 e. The molecule has 0 aliphatic carbocycles. The van der Waals surface area contributed by atoms with Crippen LogP contribution in [0.2, 0.25) is 0 Å². The average molecular weight is 304 g/mol. The summed E-state index contributed by atoms with van der Waals surface area (Å²) in [4.78, 5) is 17.8. The smallest absolute Gasteiger partial charge is 0.251 e. The van der Waals surface area contributed by atoms with Crippen LogP contribution >= 0.6 is 11.3 Å². The van der Waals surface area contributed by atoms with Gasteiger partial charge >= 0.3 is 0 Å². The van der Waals surface area contributed by atoms with Crippen molar-refractivity contribution in [2.24, 2.45) is 5.84 Å². The quantitative estimate of drug-likeness (QED) is 0.566. The molecule has 0 fully saturated rings. The van der Waals surface area contributed by atoms with Gasteiger partial charge in [-0.1, -0.05) is 19.9 Å². The van der Waals surface area contributed by atoms with Crippen LogP contribution in [0.3, 0.4) is 0 Å². The van der Waals surface area contributed by atoms with Gasteiger partial charge in [-0.3, -0.25) is 4.79 Å². The summed E-state index contributed by atoms with van der Waals surface area (Å²) in [6.07, 6.45) is 0.841. The molecule has 4 N–H and O–H groups in total. The van der Waals surface area contributed by atoms with Crippen molar-refractivity contribution in [2.45, 2.75) is 26.2 Å². The van der Waals surface area contributed by atoms with Gasteiger partial charge < -0.3 is 10.7 Å². The van der Waals surface area contributed by atoms with Gasteiger partial charge in [-0.15, -0.1) is 11.3 Å². The van der Waals surface area contributed by atoms with Crippen LogP contribution in [0.5, 0.6) is 0 Å². The van der Waals surface area contributed by atoms with E-state index in [2.05, 4.69) is 21.8 Å². The van der Waals surface area contributed by atoms with Crippen molar-refractivity contribution < 1.29 is 4.79 Å². The summed E-state index contributed by atoms with van der Waals surface area (Å²) in [5.41, 5.74) is 3.92. The minimum atomic E-state index is -0.104.